The summed E-state index contributed by atoms with van der Waals surface area (Å²) >= 11 is 0. The van der Waals surface area contributed by atoms with Crippen LogP contribution in [0.1, 0.15) is 49.1 Å². The molecule has 5 rings (SSSR count). The predicted molar refractivity (Wildman–Crippen MR) is 144 cm³/mol. The van der Waals surface area contributed by atoms with Gasteiger partial charge in [-0.3, -0.25) is 19.3 Å². The number of nitrogens with zero attached hydrogens (tertiary/aromatic N) is 1. The molecule has 194 valence electrons. The second-order valence-corrected chi connectivity index (χ2v) is 8.83. The van der Waals surface area contributed by atoms with Gasteiger partial charge in [0.05, 0.1) is 36.3 Å². The van der Waals surface area contributed by atoms with E-state index in [-0.39, 0.29) is 35.0 Å². The van der Waals surface area contributed by atoms with Gasteiger partial charge in [-0.25, -0.2) is 4.79 Å². The first-order valence-electron chi connectivity index (χ1n) is 12.2. The summed E-state index contributed by atoms with van der Waals surface area (Å²) in [5.41, 5.74) is 1.96. The first kappa shape index (κ1) is 25.4. The van der Waals surface area contributed by atoms with E-state index in [0.29, 0.717) is 16.8 Å². The van der Waals surface area contributed by atoms with Crippen LogP contribution < -0.4 is 14.8 Å². The van der Waals surface area contributed by atoms with Gasteiger partial charge in [0.15, 0.2) is 11.5 Å². The number of carbonyl (C=O) groups excluding carboxylic acids is 4. The zero-order valence-corrected chi connectivity index (χ0v) is 21.0. The fourth-order valence-corrected chi connectivity index (χ4v) is 4.47. The normalized spacial score (nSPS) is 13.0. The SMILES string of the molecule is COc1cc(C(CC(=O)Nc2ccccc2)N2C(=O)c3ccccc3C2=O)ccc1OC(=O)c1ccccc1. The van der Waals surface area contributed by atoms with Crippen LogP contribution in [0.3, 0.4) is 0 Å². The average Bonchev–Trinajstić information content (AvgIpc) is 3.22. The summed E-state index contributed by atoms with van der Waals surface area (Å²) in [6, 6.07) is 27.7. The number of methoxy groups -OCH3 is 1. The Morgan fingerprint density at radius 1 is 0.769 bits per heavy atom. The average molecular weight is 521 g/mol. The number of carbonyl (C=O) groups is 4. The van der Waals surface area contributed by atoms with Gasteiger partial charge >= 0.3 is 5.97 Å². The van der Waals surface area contributed by atoms with Crippen LogP contribution in [-0.2, 0) is 4.79 Å². The smallest absolute Gasteiger partial charge is 0.343 e. The first-order chi connectivity index (χ1) is 19.0. The van der Waals surface area contributed by atoms with Crippen molar-refractivity contribution in [2.45, 2.75) is 12.5 Å². The Kier molecular flexibility index (Phi) is 7.18. The summed E-state index contributed by atoms with van der Waals surface area (Å²) in [5.74, 6) is -1.58. The van der Waals surface area contributed by atoms with E-state index in [2.05, 4.69) is 5.32 Å². The monoisotopic (exact) mass is 520 g/mol. The van der Waals surface area contributed by atoms with E-state index in [1.54, 1.807) is 91.0 Å². The Hall–Kier alpha value is -5.24. The van der Waals surface area contributed by atoms with Crippen molar-refractivity contribution in [2.24, 2.45) is 0 Å². The van der Waals surface area contributed by atoms with Crippen LogP contribution in [0.25, 0.3) is 0 Å². The number of fused-ring (bicyclic) bond motifs is 1. The molecule has 3 amide bonds. The third-order valence-corrected chi connectivity index (χ3v) is 6.36. The molecule has 0 aliphatic carbocycles. The molecule has 8 nitrogen and oxygen atoms in total. The number of benzene rings is 4. The molecule has 0 bridgehead atoms. The lowest BCUT2D eigenvalue weighted by atomic mass is 10.0. The molecular formula is C31H24N2O6. The second kappa shape index (κ2) is 11.0. The molecule has 1 atom stereocenters. The van der Waals surface area contributed by atoms with Crippen molar-refractivity contribution in [1.82, 2.24) is 4.90 Å². The number of imide groups is 1. The van der Waals surface area contributed by atoms with Crippen LogP contribution in [0.4, 0.5) is 5.69 Å². The van der Waals surface area contributed by atoms with Crippen LogP contribution >= 0.6 is 0 Å². The molecule has 1 N–H and O–H groups in total. The number of amides is 3. The molecule has 8 heteroatoms. The highest BCUT2D eigenvalue weighted by Gasteiger charge is 2.41. The van der Waals surface area contributed by atoms with Gasteiger partial charge in [-0.15, -0.1) is 0 Å². The number of esters is 1. The van der Waals surface area contributed by atoms with E-state index in [4.69, 9.17) is 9.47 Å². The van der Waals surface area contributed by atoms with Crippen molar-refractivity contribution in [3.05, 3.63) is 125 Å². The van der Waals surface area contributed by atoms with Gasteiger partial charge in [0.25, 0.3) is 11.8 Å². The zero-order valence-electron chi connectivity index (χ0n) is 21.0. The molecule has 0 saturated carbocycles. The van der Waals surface area contributed by atoms with Crippen molar-refractivity contribution in [3.8, 4) is 11.5 Å². The molecule has 1 unspecified atom stereocenters. The van der Waals surface area contributed by atoms with E-state index in [9.17, 15) is 19.2 Å². The minimum absolute atomic E-state index is 0.157. The molecule has 0 saturated heterocycles. The first-order valence-corrected chi connectivity index (χ1v) is 12.2. The van der Waals surface area contributed by atoms with Crippen LogP contribution in [0.5, 0.6) is 11.5 Å². The molecule has 39 heavy (non-hydrogen) atoms. The summed E-state index contributed by atoms with van der Waals surface area (Å²) < 4.78 is 11.0. The number of hydrogen-bond acceptors (Lipinski definition) is 6. The van der Waals surface area contributed by atoms with Crippen LogP contribution in [0.2, 0.25) is 0 Å². The molecule has 1 aliphatic rings. The Balaban J connectivity index is 1.48. The van der Waals surface area contributed by atoms with E-state index in [1.807, 2.05) is 6.07 Å². The van der Waals surface area contributed by atoms with E-state index in [0.717, 1.165) is 4.90 Å². The largest absolute Gasteiger partial charge is 0.493 e. The topological polar surface area (TPSA) is 102 Å². The maximum Gasteiger partial charge on any atom is 0.343 e. The minimum atomic E-state index is -0.950. The molecule has 0 radical (unpaired) electrons. The Bertz CT molecular complexity index is 1520. The fourth-order valence-electron chi connectivity index (χ4n) is 4.47. The van der Waals surface area contributed by atoms with Crippen LogP contribution in [0.15, 0.2) is 103 Å². The minimum Gasteiger partial charge on any atom is -0.493 e. The van der Waals surface area contributed by atoms with Gasteiger partial charge in [-0.1, -0.05) is 54.6 Å². The van der Waals surface area contributed by atoms with Crippen molar-refractivity contribution in [2.75, 3.05) is 12.4 Å². The second-order valence-electron chi connectivity index (χ2n) is 8.83. The summed E-state index contributed by atoms with van der Waals surface area (Å²) in [4.78, 5) is 53.5. The summed E-state index contributed by atoms with van der Waals surface area (Å²) in [7, 11) is 1.41. The highest BCUT2D eigenvalue weighted by atomic mass is 16.6. The summed E-state index contributed by atoms with van der Waals surface area (Å²) in [6.45, 7) is 0. The van der Waals surface area contributed by atoms with Crippen LogP contribution in [0, 0.1) is 0 Å². The lowest BCUT2D eigenvalue weighted by Crippen LogP contribution is -2.36. The number of ether oxygens (including phenoxy) is 2. The molecule has 1 heterocycles. The molecule has 1 aliphatic heterocycles. The molecular weight excluding hydrogens is 496 g/mol. The predicted octanol–water partition coefficient (Wildman–Crippen LogP) is 5.28. The van der Waals surface area contributed by atoms with Gasteiger partial charge in [0.2, 0.25) is 5.91 Å². The Morgan fingerprint density at radius 3 is 1.97 bits per heavy atom. The third kappa shape index (κ3) is 5.26. The summed E-state index contributed by atoms with van der Waals surface area (Å²) in [5, 5.41) is 2.81. The van der Waals surface area contributed by atoms with Gasteiger partial charge < -0.3 is 14.8 Å². The fraction of sp³-hybridized carbons (Fsp3) is 0.0968. The quantitative estimate of drug-likeness (QED) is 0.193. The number of nitrogens with one attached hydrogen (secondary N) is 1. The van der Waals surface area contributed by atoms with Gasteiger partial charge in [0, 0.05) is 5.69 Å². The third-order valence-electron chi connectivity index (χ3n) is 6.36. The highest BCUT2D eigenvalue weighted by Crippen LogP contribution is 2.38. The number of hydrogen-bond donors (Lipinski definition) is 1. The van der Waals surface area contributed by atoms with Gasteiger partial charge in [0.1, 0.15) is 0 Å². The van der Waals surface area contributed by atoms with E-state index in [1.165, 1.54) is 13.2 Å². The van der Waals surface area contributed by atoms with Gasteiger partial charge in [-0.2, -0.15) is 0 Å². The highest BCUT2D eigenvalue weighted by molar-refractivity contribution is 6.21. The molecule has 4 aromatic carbocycles. The Morgan fingerprint density at radius 2 is 1.36 bits per heavy atom. The van der Waals surface area contributed by atoms with Crippen molar-refractivity contribution in [3.63, 3.8) is 0 Å². The number of para-hydroxylation sites is 1. The van der Waals surface area contributed by atoms with Crippen molar-refractivity contribution < 1.29 is 28.7 Å². The summed E-state index contributed by atoms with van der Waals surface area (Å²) in [6.07, 6.45) is -0.202. The number of rotatable bonds is 8. The lowest BCUT2D eigenvalue weighted by Gasteiger charge is -2.27. The van der Waals surface area contributed by atoms with Gasteiger partial charge in [-0.05, 0) is 54.1 Å². The van der Waals surface area contributed by atoms with E-state index < -0.39 is 23.8 Å². The van der Waals surface area contributed by atoms with Crippen LogP contribution in [-0.4, -0.2) is 35.7 Å². The zero-order chi connectivity index (χ0) is 27.4. The lowest BCUT2D eigenvalue weighted by molar-refractivity contribution is -0.117. The number of anilines is 1. The maximum absolute atomic E-state index is 13.4. The van der Waals surface area contributed by atoms with Crippen molar-refractivity contribution >= 4 is 29.4 Å². The molecule has 4 aromatic rings. The van der Waals surface area contributed by atoms with Crippen molar-refractivity contribution in [1.29, 1.82) is 0 Å². The molecule has 0 aromatic heterocycles. The maximum atomic E-state index is 13.4. The molecule has 0 fully saturated rings. The molecule has 0 spiro atoms. The van der Waals surface area contributed by atoms with E-state index >= 15 is 0 Å². The Labute approximate surface area is 224 Å². The standard InChI is InChI=1S/C31H24N2O6/c1-38-27-18-21(16-17-26(27)39-31(37)20-10-4-2-5-11-20)25(19-28(34)32-22-12-6-3-7-13-22)33-29(35)23-14-8-9-15-24(23)30(33)36/h2-18,25H,19H2,1H3,(H,32,34).